The number of carboxylic acids is 1. The van der Waals surface area contributed by atoms with Gasteiger partial charge in [0.15, 0.2) is 8.96 Å². The summed E-state index contributed by atoms with van der Waals surface area (Å²) in [4.78, 5) is 104. The van der Waals surface area contributed by atoms with Crippen molar-refractivity contribution in [1.29, 1.82) is 0 Å². The van der Waals surface area contributed by atoms with Gasteiger partial charge in [0, 0.05) is 0 Å². The number of aromatic nitrogens is 5. The third kappa shape index (κ3) is 10.8. The van der Waals surface area contributed by atoms with Crippen LogP contribution >= 0.6 is 11.6 Å². The predicted molar refractivity (Wildman–Crippen MR) is 237 cm³/mol. The van der Waals surface area contributed by atoms with Crippen LogP contribution in [0.15, 0.2) is 119 Å². The maximum Gasteiger partial charge on any atom is 0.326 e. The smallest absolute Gasteiger partial charge is 0.326 e. The van der Waals surface area contributed by atoms with E-state index in [2.05, 4.69) is 33.3 Å². The molecule has 0 aliphatic carbocycles. The van der Waals surface area contributed by atoms with Crippen LogP contribution in [0.2, 0.25) is 13.1 Å². The molecule has 0 spiro atoms. The lowest BCUT2D eigenvalue weighted by Crippen LogP contribution is -2.42. The highest BCUT2D eigenvalue weighted by molar-refractivity contribution is 6.65. The second kappa shape index (κ2) is 21.8. The molecule has 0 saturated heterocycles. The van der Waals surface area contributed by atoms with Crippen molar-refractivity contribution >= 4 is 67.2 Å². The third-order valence-corrected chi connectivity index (χ3v) is 11.4. The molecular weight excluding hydrogens is 894 g/mol. The van der Waals surface area contributed by atoms with Crippen LogP contribution in [0.25, 0.3) is 0 Å². The van der Waals surface area contributed by atoms with Crippen LogP contribution in [-0.2, 0) is 9.59 Å². The van der Waals surface area contributed by atoms with Gasteiger partial charge in [0.2, 0.25) is 17.0 Å². The number of nitrogens with two attached hydrogens (primary N) is 1. The first-order valence-electron chi connectivity index (χ1n) is 20.1. The van der Waals surface area contributed by atoms with Crippen molar-refractivity contribution in [3.05, 3.63) is 155 Å². The Kier molecular flexibility index (Phi) is 16.2. The van der Waals surface area contributed by atoms with E-state index in [1.165, 1.54) is 49.6 Å². The Labute approximate surface area is 383 Å². The SMILES string of the molecule is C[C@@H](C(=O)Cl)N1C(=O)c2ccccc2C1=O.C[C@@H](C(=O)O)N1C(=O)c2ccccc2C1=O.C[C@@H](c1ncco1)N1C(=O)c2ccccc2C1=O.C[C@H](N)c1ncco1.C[SiH](C)n1nccn1. The number of nitrogens with zero attached hydrogens (tertiary/aromatic N) is 8. The van der Waals surface area contributed by atoms with Gasteiger partial charge in [0.1, 0.15) is 30.7 Å². The molecule has 3 N–H and O–H groups in total. The number of carbonyl (C=O) groups excluding carboxylic acids is 7. The van der Waals surface area contributed by atoms with Gasteiger partial charge < -0.3 is 19.7 Å². The van der Waals surface area contributed by atoms with E-state index in [0.29, 0.717) is 34.0 Å². The molecule has 0 radical (unpaired) electrons. The summed E-state index contributed by atoms with van der Waals surface area (Å²) in [6.07, 6.45) is 9.44. The highest BCUT2D eigenvalue weighted by Crippen LogP contribution is 2.30. The van der Waals surface area contributed by atoms with Gasteiger partial charge in [-0.25, -0.2) is 19.2 Å². The average Bonchev–Trinajstić information content (AvgIpc) is 4.18. The lowest BCUT2D eigenvalue weighted by Gasteiger charge is -2.19. The standard InChI is InChI=1S/C13H10N2O3.C11H8ClNO3.C11H9NO4.C5H8N2O.C4H9N3Si/c1-8(11-14-6-7-18-11)15-12(16)9-4-2-3-5-10(9)13(15)17;1-6(9(12)14)13-10(15)7-4-2-3-5-8(7)11(13)16;1-6(11(15)16)12-9(13)7-4-2-3-5-8(7)10(12)14;1-4(6)5-7-2-3-8-5;1-8(2)7-5-3-4-6-7/h2-8H,1H3;2-6H,1H3;2-6H,1H3,(H,15,16);2-4H,6H2,1H3;3-4,8H,1-2H3/t8-;2*6-;4-;/m0000./s1. The monoisotopic (exact) mass is 937 g/mol. The first-order chi connectivity index (χ1) is 31.4. The number of oxazole rings is 2. The number of benzene rings is 3. The van der Waals surface area contributed by atoms with Gasteiger partial charge in [-0.15, -0.1) is 0 Å². The molecule has 3 aliphatic rings. The molecule has 4 atom stereocenters. The van der Waals surface area contributed by atoms with Gasteiger partial charge in [-0.05, 0) is 75.7 Å². The lowest BCUT2D eigenvalue weighted by atomic mass is 10.1. The third-order valence-electron chi connectivity index (χ3n) is 9.87. The second-order valence-corrected chi connectivity index (χ2v) is 17.7. The van der Waals surface area contributed by atoms with Crippen LogP contribution < -0.4 is 5.73 Å². The highest BCUT2D eigenvalue weighted by Gasteiger charge is 2.42. The van der Waals surface area contributed by atoms with E-state index < -0.39 is 61.9 Å². The number of aliphatic carboxylic acids is 1. The summed E-state index contributed by atoms with van der Waals surface area (Å²) in [6.45, 7) is 10.6. The first-order valence-corrected chi connectivity index (χ1v) is 23.3. The number of halogens is 1. The van der Waals surface area contributed by atoms with Gasteiger partial charge in [-0.1, -0.05) is 49.5 Å². The van der Waals surface area contributed by atoms with Crippen molar-refractivity contribution in [2.45, 2.75) is 65.0 Å². The molecule has 6 aromatic rings. The fourth-order valence-electron chi connectivity index (χ4n) is 6.39. The van der Waals surface area contributed by atoms with Crippen molar-refractivity contribution in [3.8, 4) is 0 Å². The van der Waals surface area contributed by atoms with Crippen molar-refractivity contribution in [2.24, 2.45) is 5.73 Å². The molecule has 0 fully saturated rings. The molecule has 342 valence electrons. The molecule has 3 aromatic heterocycles. The summed E-state index contributed by atoms with van der Waals surface area (Å²) in [5.74, 6) is -2.90. The Morgan fingerprint density at radius 3 is 1.17 bits per heavy atom. The largest absolute Gasteiger partial charge is 0.480 e. The summed E-state index contributed by atoms with van der Waals surface area (Å²) in [7, 11) is -0.785. The molecule has 22 heteroatoms. The fourth-order valence-corrected chi connectivity index (χ4v) is 7.18. The summed E-state index contributed by atoms with van der Waals surface area (Å²) in [5.41, 5.74) is 7.43. The van der Waals surface area contributed by atoms with Crippen LogP contribution in [0.4, 0.5) is 0 Å². The Morgan fingerprint density at radius 2 is 0.909 bits per heavy atom. The summed E-state index contributed by atoms with van der Waals surface area (Å²) >= 11 is 5.30. The number of hydrogen-bond donors (Lipinski definition) is 2. The van der Waals surface area contributed by atoms with Crippen LogP contribution in [0, 0.1) is 0 Å². The molecule has 66 heavy (non-hydrogen) atoms. The van der Waals surface area contributed by atoms with Gasteiger partial charge >= 0.3 is 5.97 Å². The van der Waals surface area contributed by atoms with E-state index in [1.54, 1.807) is 90.6 Å². The minimum absolute atomic E-state index is 0.0926. The van der Waals surface area contributed by atoms with Crippen LogP contribution in [0.1, 0.15) is 114 Å². The Balaban J connectivity index is 0.000000160. The van der Waals surface area contributed by atoms with Crippen LogP contribution in [0.3, 0.4) is 0 Å². The number of carboxylic acid groups (broad SMARTS) is 1. The summed E-state index contributed by atoms with van der Waals surface area (Å²) in [6, 6.07) is 16.9. The molecule has 6 heterocycles. The Morgan fingerprint density at radius 1 is 0.576 bits per heavy atom. The summed E-state index contributed by atoms with van der Waals surface area (Å²) < 4.78 is 11.8. The maximum absolute atomic E-state index is 12.2. The number of amides is 6. The predicted octanol–water partition coefficient (Wildman–Crippen LogP) is 5.03. The van der Waals surface area contributed by atoms with E-state index in [0.717, 1.165) is 9.80 Å². The van der Waals surface area contributed by atoms with Gasteiger partial charge in [-0.2, -0.15) is 10.2 Å². The van der Waals surface area contributed by atoms with Gasteiger partial charge in [0.05, 0.1) is 64.2 Å². The van der Waals surface area contributed by atoms with Gasteiger partial charge in [0.25, 0.3) is 35.4 Å². The van der Waals surface area contributed by atoms with E-state index in [-0.39, 0.29) is 29.0 Å². The number of imide groups is 3. The van der Waals surface area contributed by atoms with Crippen molar-refractivity contribution in [1.82, 2.24) is 39.3 Å². The lowest BCUT2D eigenvalue weighted by molar-refractivity contribution is -0.141. The maximum atomic E-state index is 12.2. The highest BCUT2D eigenvalue weighted by atomic mass is 35.5. The number of fused-ring (bicyclic) bond motifs is 3. The second-order valence-electron chi connectivity index (χ2n) is 14.7. The molecule has 0 bridgehead atoms. The zero-order chi connectivity index (χ0) is 48.4. The topological polar surface area (TPSA) is 275 Å². The molecule has 6 amide bonds. The molecule has 20 nitrogen and oxygen atoms in total. The zero-order valence-electron chi connectivity index (χ0n) is 36.3. The van der Waals surface area contributed by atoms with Crippen LogP contribution in [-0.4, -0.2) is 112 Å². The van der Waals surface area contributed by atoms with Crippen molar-refractivity contribution in [2.75, 3.05) is 0 Å². The quantitative estimate of drug-likeness (QED) is 0.115. The zero-order valence-corrected chi connectivity index (χ0v) is 38.3. The minimum Gasteiger partial charge on any atom is -0.480 e. The summed E-state index contributed by atoms with van der Waals surface area (Å²) in [5, 5.41) is 16.0. The van der Waals surface area contributed by atoms with Crippen LogP contribution in [0.5, 0.6) is 0 Å². The normalized spacial score (nSPS) is 15.1. The van der Waals surface area contributed by atoms with E-state index in [9.17, 15) is 38.4 Å². The number of carbonyl (C=O) groups is 8. The fraction of sp³-hybridized carbons (Fsp3) is 0.227. The average molecular weight is 938 g/mol. The molecule has 0 unspecified atom stereocenters. The van der Waals surface area contributed by atoms with E-state index in [4.69, 9.17) is 31.3 Å². The number of rotatable bonds is 8. The molecule has 3 aliphatic heterocycles. The molecule has 0 saturated carbocycles. The van der Waals surface area contributed by atoms with Crippen molar-refractivity contribution < 1.29 is 52.3 Å². The first kappa shape index (κ1) is 49.3. The molecule has 9 rings (SSSR count). The van der Waals surface area contributed by atoms with Crippen molar-refractivity contribution in [3.63, 3.8) is 0 Å². The van der Waals surface area contributed by atoms with Gasteiger partial charge in [-0.3, -0.25) is 48.3 Å². The molecular formula is C44H44ClN9O11Si. The molecule has 3 aromatic carbocycles. The Bertz CT molecular complexity index is 2490. The Hall–Kier alpha value is -7.75. The number of hydrogen-bond acceptors (Lipinski definition) is 15. The minimum atomic E-state index is -1.20. The van der Waals surface area contributed by atoms with E-state index in [1.807, 2.05) is 6.92 Å². The van der Waals surface area contributed by atoms with E-state index >= 15 is 0 Å².